The topological polar surface area (TPSA) is 22.3 Å². The van der Waals surface area contributed by atoms with Crippen molar-refractivity contribution in [2.24, 2.45) is 0 Å². The molecule has 0 bridgehead atoms. The SMILES string of the molecule is [CH3][Al][O]c1cccc2ccc(C)[n+](Oc3ccc(-c4ccccc4)cc3)c12. The number of pyridine rings is 1. The summed E-state index contributed by atoms with van der Waals surface area (Å²) >= 11 is -0.101. The average Bonchev–Trinajstić information content (AvgIpc) is 2.72. The summed E-state index contributed by atoms with van der Waals surface area (Å²) in [4.78, 5) is 6.25. The maximum atomic E-state index is 6.25. The van der Waals surface area contributed by atoms with Gasteiger partial charge in [-0.3, -0.25) is 0 Å². The number of benzene rings is 3. The molecule has 27 heavy (non-hydrogen) atoms. The van der Waals surface area contributed by atoms with Gasteiger partial charge in [0.05, 0.1) is 5.39 Å². The van der Waals surface area contributed by atoms with E-state index in [2.05, 4.69) is 48.3 Å². The fourth-order valence-corrected chi connectivity index (χ4v) is 3.57. The predicted molar refractivity (Wildman–Crippen MR) is 109 cm³/mol. The summed E-state index contributed by atoms with van der Waals surface area (Å²) in [5, 5.41) is 1.09. The molecular formula is C23H20AlNO2+. The lowest BCUT2D eigenvalue weighted by Gasteiger charge is -2.09. The summed E-state index contributed by atoms with van der Waals surface area (Å²) in [5.41, 5.74) is 4.33. The number of para-hydroxylation sites is 1. The highest BCUT2D eigenvalue weighted by atomic mass is 27.1. The molecule has 0 atom stereocenters. The molecular weight excluding hydrogens is 349 g/mol. The van der Waals surface area contributed by atoms with E-state index in [1.807, 2.05) is 54.1 Å². The van der Waals surface area contributed by atoms with Crippen LogP contribution < -0.4 is 13.4 Å². The van der Waals surface area contributed by atoms with Gasteiger partial charge in [-0.15, -0.1) is 0 Å². The summed E-state index contributed by atoms with van der Waals surface area (Å²) < 4.78 is 7.77. The second-order valence-corrected chi connectivity index (χ2v) is 7.01. The summed E-state index contributed by atoms with van der Waals surface area (Å²) in [7, 11) is 0. The van der Waals surface area contributed by atoms with Crippen molar-refractivity contribution in [3.05, 3.63) is 90.6 Å². The van der Waals surface area contributed by atoms with Crippen molar-refractivity contribution in [1.29, 1.82) is 0 Å². The quantitative estimate of drug-likeness (QED) is 0.365. The number of hydrogen-bond donors (Lipinski definition) is 0. The summed E-state index contributed by atoms with van der Waals surface area (Å²) in [6.45, 7) is 2.04. The largest absolute Gasteiger partial charge is 0.643 e. The molecule has 0 unspecified atom stereocenters. The molecule has 3 aromatic carbocycles. The van der Waals surface area contributed by atoms with Gasteiger partial charge in [-0.05, 0) is 41.5 Å². The van der Waals surface area contributed by atoms with Crippen molar-refractivity contribution in [2.75, 3.05) is 0 Å². The van der Waals surface area contributed by atoms with Crippen LogP contribution in [0.15, 0.2) is 84.9 Å². The first-order chi connectivity index (χ1) is 13.3. The fourth-order valence-electron chi connectivity index (χ4n) is 3.13. The minimum Gasteiger partial charge on any atom is -0.643 e. The maximum Gasteiger partial charge on any atom is 0.520 e. The predicted octanol–water partition coefficient (Wildman–Crippen LogP) is 4.99. The molecule has 1 heterocycles. The molecule has 0 aliphatic heterocycles. The van der Waals surface area contributed by atoms with E-state index in [0.717, 1.165) is 28.1 Å². The first-order valence-electron chi connectivity index (χ1n) is 8.99. The van der Waals surface area contributed by atoms with E-state index in [0.29, 0.717) is 0 Å². The lowest BCUT2D eigenvalue weighted by atomic mass is 10.1. The Kier molecular flexibility index (Phi) is 5.11. The van der Waals surface area contributed by atoms with Crippen LogP contribution in [0.5, 0.6) is 11.5 Å². The molecule has 0 spiro atoms. The smallest absolute Gasteiger partial charge is 0.520 e. The minimum atomic E-state index is -0.101. The standard InChI is InChI=1S/C22H17NO2.CH3.Al/c1-16-10-11-19-8-5-9-21(24)22(19)23(16)25-20-14-12-18(13-15-20)17-6-3-2-4-7-17;;/h2-15H,1H3;1H3;/q;;+1. The summed E-state index contributed by atoms with van der Waals surface area (Å²) in [6.07, 6.45) is 0. The normalized spacial score (nSPS) is 10.6. The van der Waals surface area contributed by atoms with Crippen molar-refractivity contribution < 1.29 is 13.4 Å². The molecule has 0 aliphatic rings. The van der Waals surface area contributed by atoms with E-state index in [-0.39, 0.29) is 15.6 Å². The van der Waals surface area contributed by atoms with Crippen LogP contribution in [0, 0.1) is 6.92 Å². The van der Waals surface area contributed by atoms with Gasteiger partial charge in [-0.2, -0.15) is 0 Å². The van der Waals surface area contributed by atoms with Gasteiger partial charge in [0.15, 0.2) is 5.75 Å². The molecule has 0 aliphatic carbocycles. The molecule has 0 saturated heterocycles. The molecule has 1 aromatic heterocycles. The highest BCUT2D eigenvalue weighted by Gasteiger charge is 2.20. The zero-order valence-corrected chi connectivity index (χ0v) is 16.6. The third kappa shape index (κ3) is 3.69. The number of hydrogen-bond acceptors (Lipinski definition) is 2. The van der Waals surface area contributed by atoms with Crippen molar-refractivity contribution in [3.63, 3.8) is 0 Å². The van der Waals surface area contributed by atoms with Gasteiger partial charge in [0, 0.05) is 17.7 Å². The number of fused-ring (bicyclic) bond motifs is 1. The van der Waals surface area contributed by atoms with Crippen LogP contribution in [-0.2, 0) is 0 Å². The molecule has 4 heteroatoms. The van der Waals surface area contributed by atoms with Crippen molar-refractivity contribution in [2.45, 2.75) is 12.7 Å². The Balaban J connectivity index is 1.72. The highest BCUT2D eigenvalue weighted by molar-refractivity contribution is 6.26. The highest BCUT2D eigenvalue weighted by Crippen LogP contribution is 2.25. The Morgan fingerprint density at radius 3 is 2.22 bits per heavy atom. The third-order valence-corrected chi connectivity index (χ3v) is 4.95. The van der Waals surface area contributed by atoms with Gasteiger partial charge in [0.25, 0.3) is 0 Å². The maximum absolute atomic E-state index is 6.25. The van der Waals surface area contributed by atoms with Gasteiger partial charge in [-0.1, -0.05) is 54.3 Å². The van der Waals surface area contributed by atoms with Crippen LogP contribution in [0.4, 0.5) is 0 Å². The summed E-state index contributed by atoms with van der Waals surface area (Å²) in [6, 6.07) is 28.7. The molecule has 131 valence electrons. The molecule has 4 aromatic rings. The average molecular weight is 369 g/mol. The van der Waals surface area contributed by atoms with Crippen LogP contribution >= 0.6 is 0 Å². The van der Waals surface area contributed by atoms with Crippen LogP contribution in [0.2, 0.25) is 5.79 Å². The van der Waals surface area contributed by atoms with Gasteiger partial charge in [0.2, 0.25) is 11.4 Å². The van der Waals surface area contributed by atoms with Crippen molar-refractivity contribution >= 4 is 26.5 Å². The summed E-state index contributed by atoms with van der Waals surface area (Å²) in [5.74, 6) is 3.71. The number of aryl methyl sites for hydroxylation is 1. The van der Waals surface area contributed by atoms with E-state index in [4.69, 9.17) is 8.63 Å². The Morgan fingerprint density at radius 1 is 0.741 bits per heavy atom. The lowest BCUT2D eigenvalue weighted by molar-refractivity contribution is -0.858. The Morgan fingerprint density at radius 2 is 1.48 bits per heavy atom. The molecule has 3 nitrogen and oxygen atoms in total. The van der Waals surface area contributed by atoms with E-state index in [9.17, 15) is 0 Å². The second-order valence-electron chi connectivity index (χ2n) is 6.30. The molecule has 4 rings (SSSR count). The molecule has 0 saturated carbocycles. The van der Waals surface area contributed by atoms with E-state index in [1.54, 1.807) is 0 Å². The van der Waals surface area contributed by atoms with Gasteiger partial charge >= 0.3 is 21.1 Å². The van der Waals surface area contributed by atoms with Crippen LogP contribution in [0.25, 0.3) is 22.0 Å². The van der Waals surface area contributed by atoms with Gasteiger partial charge in [0.1, 0.15) is 0 Å². The zero-order chi connectivity index (χ0) is 18.6. The van der Waals surface area contributed by atoms with Crippen LogP contribution in [-0.4, -0.2) is 15.6 Å². The molecule has 0 N–H and O–H groups in total. The molecule has 1 radical (unpaired) electrons. The van der Waals surface area contributed by atoms with Gasteiger partial charge < -0.3 is 3.79 Å². The van der Waals surface area contributed by atoms with E-state index < -0.39 is 0 Å². The molecule has 0 amide bonds. The second kappa shape index (κ2) is 7.84. The van der Waals surface area contributed by atoms with E-state index in [1.165, 1.54) is 11.1 Å². The van der Waals surface area contributed by atoms with Crippen LogP contribution in [0.3, 0.4) is 0 Å². The molecule has 0 fully saturated rings. The van der Waals surface area contributed by atoms with Crippen molar-refractivity contribution in [1.82, 2.24) is 0 Å². The Labute approximate surface area is 165 Å². The van der Waals surface area contributed by atoms with Crippen LogP contribution in [0.1, 0.15) is 5.69 Å². The minimum absolute atomic E-state index is 0.101. The Hall–Kier alpha value is -2.80. The third-order valence-electron chi connectivity index (χ3n) is 4.46. The zero-order valence-electron chi connectivity index (χ0n) is 15.4. The van der Waals surface area contributed by atoms with E-state index >= 15 is 0 Å². The fraction of sp³-hybridized carbons (Fsp3) is 0.0870. The first-order valence-corrected chi connectivity index (χ1v) is 10.6. The number of nitrogens with zero attached hydrogens (tertiary/aromatic N) is 1. The number of aromatic nitrogens is 1. The lowest BCUT2D eigenvalue weighted by Crippen LogP contribution is -2.43. The first kappa shape index (κ1) is 17.6. The number of rotatable bonds is 5. The van der Waals surface area contributed by atoms with Gasteiger partial charge in [-0.25, -0.2) is 4.84 Å². The monoisotopic (exact) mass is 369 g/mol. The Bertz CT molecular complexity index is 1060. The van der Waals surface area contributed by atoms with Crippen molar-refractivity contribution in [3.8, 4) is 22.6 Å².